The van der Waals surface area contributed by atoms with Gasteiger partial charge in [-0.3, -0.25) is 4.90 Å². The van der Waals surface area contributed by atoms with Gasteiger partial charge >= 0.3 is 12.2 Å². The Bertz CT molecular complexity index is 1450. The lowest BCUT2D eigenvalue weighted by molar-refractivity contribution is -0.137. The molecule has 1 aromatic heterocycles. The smallest absolute Gasteiger partial charge is 0.416 e. The van der Waals surface area contributed by atoms with Crippen LogP contribution >= 0.6 is 11.6 Å². The van der Waals surface area contributed by atoms with Crippen molar-refractivity contribution >= 4 is 23.4 Å². The molecule has 2 amide bonds. The van der Waals surface area contributed by atoms with E-state index >= 15 is 0 Å². The van der Waals surface area contributed by atoms with E-state index in [1.165, 1.54) is 23.4 Å². The standard InChI is InChI=1S/C28H22ClF3N4O3/c1-38-22-9-5-18(6-10-22)16-35-17-24(19-3-2-4-20(13-19)28(30,31)32)36(27(35)37)25-14-34-26(15-33-25)39-23-11-7-21(29)8-12-23/h2-15,24H,16-17H2,1H3. The lowest BCUT2D eigenvalue weighted by Crippen LogP contribution is -2.33. The van der Waals surface area contributed by atoms with E-state index in [0.717, 1.165) is 17.7 Å². The Hall–Kier alpha value is -4.31. The van der Waals surface area contributed by atoms with E-state index in [4.69, 9.17) is 21.1 Å². The van der Waals surface area contributed by atoms with E-state index in [9.17, 15) is 18.0 Å². The van der Waals surface area contributed by atoms with Crippen molar-refractivity contribution in [3.8, 4) is 17.4 Å². The third-order valence-electron chi connectivity index (χ3n) is 6.21. The fraction of sp³-hybridized carbons (Fsp3) is 0.179. The van der Waals surface area contributed by atoms with Gasteiger partial charge in [0.15, 0.2) is 5.82 Å². The molecule has 3 aromatic carbocycles. The lowest BCUT2D eigenvalue weighted by atomic mass is 10.0. The highest BCUT2D eigenvalue weighted by atomic mass is 35.5. The zero-order valence-electron chi connectivity index (χ0n) is 20.6. The number of anilines is 1. The van der Waals surface area contributed by atoms with Gasteiger partial charge in [0.05, 0.1) is 31.1 Å². The number of nitrogens with zero attached hydrogens (tertiary/aromatic N) is 4. The highest BCUT2D eigenvalue weighted by Crippen LogP contribution is 2.37. The number of ether oxygens (including phenoxy) is 2. The monoisotopic (exact) mass is 554 g/mol. The second kappa shape index (κ2) is 10.8. The van der Waals surface area contributed by atoms with Crippen molar-refractivity contribution in [1.29, 1.82) is 0 Å². The molecule has 0 N–H and O–H groups in total. The zero-order chi connectivity index (χ0) is 27.6. The van der Waals surface area contributed by atoms with Crippen molar-refractivity contribution in [3.63, 3.8) is 0 Å². The van der Waals surface area contributed by atoms with Gasteiger partial charge in [-0.2, -0.15) is 13.2 Å². The molecule has 1 unspecified atom stereocenters. The average Bonchev–Trinajstić information content (AvgIpc) is 3.26. The van der Waals surface area contributed by atoms with Crippen molar-refractivity contribution < 1.29 is 27.4 Å². The van der Waals surface area contributed by atoms with Gasteiger partial charge in [0.25, 0.3) is 0 Å². The normalized spacial score (nSPS) is 15.5. The van der Waals surface area contributed by atoms with Crippen molar-refractivity contribution in [2.24, 2.45) is 0 Å². The fourth-order valence-corrected chi connectivity index (χ4v) is 4.41. The number of aromatic nitrogens is 2. The van der Waals surface area contributed by atoms with Crippen LogP contribution in [-0.2, 0) is 12.7 Å². The van der Waals surface area contributed by atoms with Gasteiger partial charge in [-0.15, -0.1) is 0 Å². The minimum Gasteiger partial charge on any atom is -0.497 e. The minimum absolute atomic E-state index is 0.150. The molecule has 1 saturated heterocycles. The summed E-state index contributed by atoms with van der Waals surface area (Å²) in [6.07, 6.45) is -1.81. The Morgan fingerprint density at radius 2 is 1.69 bits per heavy atom. The summed E-state index contributed by atoms with van der Waals surface area (Å²) < 4.78 is 51.3. The molecule has 0 aliphatic carbocycles. The van der Waals surface area contributed by atoms with Crippen LogP contribution in [0.5, 0.6) is 17.4 Å². The van der Waals surface area contributed by atoms with Gasteiger partial charge in [-0.25, -0.2) is 14.8 Å². The molecule has 4 aromatic rings. The number of carbonyl (C=O) groups is 1. The molecule has 0 saturated carbocycles. The molecular weight excluding hydrogens is 533 g/mol. The van der Waals surface area contributed by atoms with Crippen LogP contribution < -0.4 is 14.4 Å². The molecule has 200 valence electrons. The summed E-state index contributed by atoms with van der Waals surface area (Å²) in [6.45, 7) is 0.400. The van der Waals surface area contributed by atoms with Crippen LogP contribution in [0, 0.1) is 0 Å². The van der Waals surface area contributed by atoms with Crippen molar-refractivity contribution in [2.75, 3.05) is 18.6 Å². The van der Waals surface area contributed by atoms with Crippen molar-refractivity contribution in [1.82, 2.24) is 14.9 Å². The SMILES string of the molecule is COc1ccc(CN2CC(c3cccc(C(F)(F)F)c3)N(c3cnc(Oc4ccc(Cl)cc4)cn3)C2=O)cc1. The predicted molar refractivity (Wildman–Crippen MR) is 139 cm³/mol. The number of urea groups is 1. The van der Waals surface area contributed by atoms with Crippen LogP contribution in [0.25, 0.3) is 0 Å². The third kappa shape index (κ3) is 5.91. The number of carbonyl (C=O) groups excluding carboxylic acids is 1. The molecule has 5 rings (SSSR count). The van der Waals surface area contributed by atoms with Crippen molar-refractivity contribution in [3.05, 3.63) is 107 Å². The quantitative estimate of drug-likeness (QED) is 0.243. The summed E-state index contributed by atoms with van der Waals surface area (Å²) >= 11 is 5.90. The molecule has 0 radical (unpaired) electrons. The number of hydrogen-bond donors (Lipinski definition) is 0. The number of alkyl halides is 3. The van der Waals surface area contributed by atoms with Crippen LogP contribution in [0.1, 0.15) is 22.7 Å². The molecular formula is C28H22ClF3N4O3. The molecule has 2 heterocycles. The molecule has 1 aliphatic heterocycles. The number of hydrogen-bond acceptors (Lipinski definition) is 5. The maximum atomic E-state index is 13.6. The van der Waals surface area contributed by atoms with Crippen LogP contribution in [0.3, 0.4) is 0 Å². The largest absolute Gasteiger partial charge is 0.497 e. The number of amides is 2. The fourth-order valence-electron chi connectivity index (χ4n) is 4.28. The van der Waals surface area contributed by atoms with E-state index in [0.29, 0.717) is 22.1 Å². The molecule has 0 bridgehead atoms. The molecule has 0 spiro atoms. The predicted octanol–water partition coefficient (Wildman–Crippen LogP) is 7.13. The van der Waals surface area contributed by atoms with E-state index < -0.39 is 23.8 Å². The van der Waals surface area contributed by atoms with Crippen molar-refractivity contribution in [2.45, 2.75) is 18.8 Å². The molecule has 1 aliphatic rings. The first-order valence-corrected chi connectivity index (χ1v) is 12.2. The third-order valence-corrected chi connectivity index (χ3v) is 6.46. The summed E-state index contributed by atoms with van der Waals surface area (Å²) in [6, 6.07) is 17.7. The first-order valence-electron chi connectivity index (χ1n) is 11.8. The van der Waals surface area contributed by atoms with E-state index in [-0.39, 0.29) is 24.8 Å². The first-order chi connectivity index (χ1) is 18.7. The van der Waals surface area contributed by atoms with Gasteiger partial charge in [-0.1, -0.05) is 35.9 Å². The van der Waals surface area contributed by atoms with Crippen LogP contribution in [0.2, 0.25) is 5.02 Å². The highest BCUT2D eigenvalue weighted by molar-refractivity contribution is 6.30. The molecule has 1 fully saturated rings. The minimum atomic E-state index is -4.52. The Balaban J connectivity index is 1.44. The Morgan fingerprint density at radius 3 is 2.33 bits per heavy atom. The number of rotatable bonds is 7. The second-order valence-corrected chi connectivity index (χ2v) is 9.23. The number of benzene rings is 3. The average molecular weight is 555 g/mol. The van der Waals surface area contributed by atoms with E-state index in [1.807, 2.05) is 12.1 Å². The summed E-state index contributed by atoms with van der Waals surface area (Å²) in [5.41, 5.74) is 0.379. The maximum Gasteiger partial charge on any atom is 0.416 e. The topological polar surface area (TPSA) is 67.8 Å². The van der Waals surface area contributed by atoms with Gasteiger partial charge in [0.1, 0.15) is 11.5 Å². The van der Waals surface area contributed by atoms with Gasteiger partial charge in [0.2, 0.25) is 5.88 Å². The van der Waals surface area contributed by atoms with Gasteiger partial charge in [0, 0.05) is 18.1 Å². The molecule has 1 atom stereocenters. The molecule has 7 nitrogen and oxygen atoms in total. The zero-order valence-corrected chi connectivity index (χ0v) is 21.4. The summed E-state index contributed by atoms with van der Waals surface area (Å²) in [5.74, 6) is 1.53. The Morgan fingerprint density at radius 1 is 0.974 bits per heavy atom. The van der Waals surface area contributed by atoms with Crippen LogP contribution in [-0.4, -0.2) is 34.6 Å². The van der Waals surface area contributed by atoms with E-state index in [1.54, 1.807) is 54.5 Å². The van der Waals surface area contributed by atoms with Gasteiger partial charge in [-0.05, 0) is 59.7 Å². The number of methoxy groups -OCH3 is 1. The molecule has 39 heavy (non-hydrogen) atoms. The number of halogens is 4. The van der Waals surface area contributed by atoms with E-state index in [2.05, 4.69) is 9.97 Å². The Labute approximate surface area is 227 Å². The maximum absolute atomic E-state index is 13.6. The van der Waals surface area contributed by atoms with Crippen LogP contribution in [0.15, 0.2) is 85.2 Å². The first kappa shape index (κ1) is 26.3. The lowest BCUT2D eigenvalue weighted by Gasteiger charge is -2.23. The molecule has 11 heteroatoms. The highest BCUT2D eigenvalue weighted by Gasteiger charge is 2.41. The second-order valence-electron chi connectivity index (χ2n) is 8.79. The van der Waals surface area contributed by atoms with Gasteiger partial charge < -0.3 is 14.4 Å². The Kier molecular flexibility index (Phi) is 7.30. The summed E-state index contributed by atoms with van der Waals surface area (Å²) in [5, 5.41) is 0.552. The summed E-state index contributed by atoms with van der Waals surface area (Å²) in [4.78, 5) is 25.1. The summed E-state index contributed by atoms with van der Waals surface area (Å²) in [7, 11) is 1.56. The van der Waals surface area contributed by atoms with Crippen LogP contribution in [0.4, 0.5) is 23.8 Å².